The van der Waals surface area contributed by atoms with Crippen molar-refractivity contribution in [2.24, 2.45) is 11.0 Å². The number of para-hydroxylation sites is 1. The molecule has 0 fully saturated rings. The fourth-order valence-electron chi connectivity index (χ4n) is 3.42. The summed E-state index contributed by atoms with van der Waals surface area (Å²) in [4.78, 5) is 28.5. The van der Waals surface area contributed by atoms with Crippen molar-refractivity contribution in [3.63, 3.8) is 0 Å². The topological polar surface area (TPSA) is 114 Å². The first-order valence-electron chi connectivity index (χ1n) is 11.0. The highest BCUT2D eigenvalue weighted by Crippen LogP contribution is 2.35. The monoisotopic (exact) mass is 544 g/mol. The number of hydrazone groups is 1. The minimum Gasteiger partial charge on any atom is -0.493 e. The molecule has 1 heterocycles. The highest BCUT2D eigenvalue weighted by molar-refractivity contribution is 9.10. The summed E-state index contributed by atoms with van der Waals surface area (Å²) >= 11 is 3.43. The van der Waals surface area contributed by atoms with Crippen molar-refractivity contribution in [2.45, 2.75) is 26.3 Å². The summed E-state index contributed by atoms with van der Waals surface area (Å²) in [6.07, 6.45) is 2.90. The van der Waals surface area contributed by atoms with Crippen molar-refractivity contribution >= 4 is 45.0 Å². The fraction of sp³-hybridized carbons (Fsp3) is 0.320. The molecule has 186 valence electrons. The zero-order chi connectivity index (χ0) is 25.4. The van der Waals surface area contributed by atoms with Crippen LogP contribution in [0.4, 0.5) is 4.79 Å². The lowest BCUT2D eigenvalue weighted by molar-refractivity contribution is -0.123. The third kappa shape index (κ3) is 6.98. The van der Waals surface area contributed by atoms with Crippen LogP contribution in [-0.2, 0) is 16.0 Å². The van der Waals surface area contributed by atoms with Gasteiger partial charge < -0.3 is 24.5 Å². The Bertz CT molecular complexity index is 1210. The number of hydrogen-bond donors (Lipinski definition) is 3. The molecule has 3 rings (SSSR count). The van der Waals surface area contributed by atoms with Crippen LogP contribution in [-0.4, -0.2) is 50.1 Å². The molecule has 2 amide bonds. The number of rotatable bonds is 10. The van der Waals surface area contributed by atoms with E-state index in [1.165, 1.54) is 13.3 Å². The van der Waals surface area contributed by atoms with Crippen LogP contribution in [0.25, 0.3) is 10.9 Å². The van der Waals surface area contributed by atoms with Gasteiger partial charge in [0.2, 0.25) is 0 Å². The predicted octanol–water partition coefficient (Wildman–Crippen LogP) is 4.39. The molecule has 3 aromatic rings. The Labute approximate surface area is 212 Å². The number of amides is 2. The number of fused-ring (bicyclic) bond motifs is 1. The van der Waals surface area contributed by atoms with E-state index in [9.17, 15) is 9.59 Å². The second kappa shape index (κ2) is 12.3. The predicted molar refractivity (Wildman–Crippen MR) is 138 cm³/mol. The van der Waals surface area contributed by atoms with Crippen LogP contribution < -0.4 is 20.2 Å². The number of methoxy groups -OCH3 is 2. The van der Waals surface area contributed by atoms with Gasteiger partial charge in [0.1, 0.15) is 6.04 Å². The number of aromatic amines is 1. The highest BCUT2D eigenvalue weighted by atomic mass is 79.9. The average molecular weight is 545 g/mol. The lowest BCUT2D eigenvalue weighted by atomic mass is 10.0. The minimum atomic E-state index is -0.900. The van der Waals surface area contributed by atoms with Crippen molar-refractivity contribution in [1.29, 1.82) is 0 Å². The molecule has 0 bridgehead atoms. The van der Waals surface area contributed by atoms with E-state index in [0.29, 0.717) is 21.5 Å². The SMILES string of the molecule is COc1cc(/C=N\NC(=O)[C@@H](Cc2c[nH]c3ccccc23)NC(=O)OCC(C)C)cc(Br)c1OC. The van der Waals surface area contributed by atoms with E-state index in [0.717, 1.165) is 16.5 Å². The third-order valence-electron chi connectivity index (χ3n) is 5.10. The summed E-state index contributed by atoms with van der Waals surface area (Å²) in [5.74, 6) is 0.762. The summed E-state index contributed by atoms with van der Waals surface area (Å²) in [5.41, 5.74) is 5.02. The molecule has 0 radical (unpaired) electrons. The summed E-state index contributed by atoms with van der Waals surface area (Å²) in [6, 6.07) is 10.4. The molecule has 0 saturated carbocycles. The van der Waals surface area contributed by atoms with Crippen LogP contribution >= 0.6 is 15.9 Å². The second-order valence-electron chi connectivity index (χ2n) is 8.23. The number of nitrogens with zero attached hydrogens (tertiary/aromatic N) is 1. The van der Waals surface area contributed by atoms with Gasteiger partial charge in [-0.3, -0.25) is 4.79 Å². The van der Waals surface area contributed by atoms with Gasteiger partial charge >= 0.3 is 6.09 Å². The molecule has 0 saturated heterocycles. The van der Waals surface area contributed by atoms with Crippen molar-refractivity contribution in [2.75, 3.05) is 20.8 Å². The number of carbonyl (C=O) groups excluding carboxylic acids is 2. The number of benzene rings is 2. The van der Waals surface area contributed by atoms with Gasteiger partial charge in [-0.05, 0) is 51.2 Å². The maximum absolute atomic E-state index is 13.0. The number of ether oxygens (including phenoxy) is 3. The standard InChI is InChI=1S/C25H29BrN4O5/c1-15(2)14-35-25(32)29-21(11-17-13-27-20-8-6-5-7-18(17)20)24(31)30-28-12-16-9-19(26)23(34-4)22(10-16)33-3/h5-10,12-13,15,21,27H,11,14H2,1-4H3,(H,29,32)(H,30,31)/b28-12-/t21-/m1/s1. The zero-order valence-electron chi connectivity index (χ0n) is 20.1. The molecule has 9 nitrogen and oxygen atoms in total. The highest BCUT2D eigenvalue weighted by Gasteiger charge is 2.23. The Morgan fingerprint density at radius 3 is 2.66 bits per heavy atom. The lowest BCUT2D eigenvalue weighted by Crippen LogP contribution is -2.47. The zero-order valence-corrected chi connectivity index (χ0v) is 21.6. The second-order valence-corrected chi connectivity index (χ2v) is 9.08. The van der Waals surface area contributed by atoms with E-state index in [1.54, 1.807) is 19.2 Å². The number of nitrogens with one attached hydrogen (secondary N) is 3. The molecule has 35 heavy (non-hydrogen) atoms. The molecule has 0 aliphatic rings. The van der Waals surface area contributed by atoms with Gasteiger partial charge in [-0.2, -0.15) is 5.10 Å². The fourth-order valence-corrected chi connectivity index (χ4v) is 4.04. The van der Waals surface area contributed by atoms with Crippen LogP contribution in [0.2, 0.25) is 0 Å². The Hall–Kier alpha value is -3.53. The maximum atomic E-state index is 13.0. The van der Waals surface area contributed by atoms with Gasteiger partial charge in [-0.15, -0.1) is 0 Å². The number of alkyl carbamates (subject to hydrolysis) is 1. The number of aromatic nitrogens is 1. The summed E-state index contributed by atoms with van der Waals surface area (Å²) in [7, 11) is 3.08. The van der Waals surface area contributed by atoms with Crippen LogP contribution in [0.1, 0.15) is 25.0 Å². The molecule has 10 heteroatoms. The Balaban J connectivity index is 1.75. The van der Waals surface area contributed by atoms with Gasteiger partial charge in [0.25, 0.3) is 5.91 Å². The van der Waals surface area contributed by atoms with Gasteiger partial charge in [-0.1, -0.05) is 32.0 Å². The van der Waals surface area contributed by atoms with Crippen LogP contribution in [0, 0.1) is 5.92 Å². The molecule has 1 atom stereocenters. The Morgan fingerprint density at radius 1 is 1.17 bits per heavy atom. The van der Waals surface area contributed by atoms with Gasteiger partial charge in [-0.25, -0.2) is 10.2 Å². The molecule has 3 N–H and O–H groups in total. The summed E-state index contributed by atoms with van der Waals surface area (Å²) in [6.45, 7) is 4.12. The van der Waals surface area contributed by atoms with E-state index >= 15 is 0 Å². The Kier molecular flexibility index (Phi) is 9.13. The van der Waals surface area contributed by atoms with E-state index < -0.39 is 18.0 Å². The van der Waals surface area contributed by atoms with E-state index in [4.69, 9.17) is 14.2 Å². The van der Waals surface area contributed by atoms with E-state index in [1.807, 2.05) is 44.3 Å². The summed E-state index contributed by atoms with van der Waals surface area (Å²) < 4.78 is 16.5. The molecule has 0 aliphatic heterocycles. The average Bonchev–Trinajstić information content (AvgIpc) is 3.24. The third-order valence-corrected chi connectivity index (χ3v) is 5.69. The molecular formula is C25H29BrN4O5. The van der Waals surface area contributed by atoms with Crippen LogP contribution in [0.3, 0.4) is 0 Å². The van der Waals surface area contributed by atoms with E-state index in [2.05, 4.69) is 36.8 Å². The quantitative estimate of drug-likeness (QED) is 0.258. The van der Waals surface area contributed by atoms with Gasteiger partial charge in [0, 0.05) is 23.5 Å². The maximum Gasteiger partial charge on any atom is 0.407 e. The molecule has 0 spiro atoms. The molecule has 0 aliphatic carbocycles. The number of halogens is 1. The largest absolute Gasteiger partial charge is 0.493 e. The first-order valence-corrected chi connectivity index (χ1v) is 11.8. The van der Waals surface area contributed by atoms with Crippen LogP contribution in [0.15, 0.2) is 52.2 Å². The Morgan fingerprint density at radius 2 is 1.94 bits per heavy atom. The van der Waals surface area contributed by atoms with E-state index in [-0.39, 0.29) is 18.9 Å². The molecule has 2 aromatic carbocycles. The molecule has 0 unspecified atom stereocenters. The number of hydrogen-bond acceptors (Lipinski definition) is 6. The first kappa shape index (κ1) is 26.1. The molecule has 1 aromatic heterocycles. The smallest absolute Gasteiger partial charge is 0.407 e. The van der Waals surface area contributed by atoms with Crippen molar-refractivity contribution in [1.82, 2.24) is 15.7 Å². The minimum absolute atomic E-state index is 0.173. The number of H-pyrrole nitrogens is 1. The molecular weight excluding hydrogens is 516 g/mol. The van der Waals surface area contributed by atoms with Crippen molar-refractivity contribution < 1.29 is 23.8 Å². The lowest BCUT2D eigenvalue weighted by Gasteiger charge is -2.17. The van der Waals surface area contributed by atoms with Gasteiger partial charge in [0.15, 0.2) is 11.5 Å². The normalized spacial score (nSPS) is 12.1. The van der Waals surface area contributed by atoms with Crippen molar-refractivity contribution in [3.05, 3.63) is 58.2 Å². The first-order chi connectivity index (χ1) is 16.8. The van der Waals surface area contributed by atoms with Gasteiger partial charge in [0.05, 0.1) is 31.5 Å². The van der Waals surface area contributed by atoms with Crippen molar-refractivity contribution in [3.8, 4) is 11.5 Å². The number of carbonyl (C=O) groups is 2. The van der Waals surface area contributed by atoms with Crippen LogP contribution in [0.5, 0.6) is 11.5 Å². The summed E-state index contributed by atoms with van der Waals surface area (Å²) in [5, 5.41) is 7.70.